The third kappa shape index (κ3) is 3.39. The number of hydrogen-bond donors (Lipinski definition) is 1. The van der Waals surface area contributed by atoms with Gasteiger partial charge in [0.25, 0.3) is 0 Å². The van der Waals surface area contributed by atoms with Gasteiger partial charge < -0.3 is 10.1 Å². The number of pyridine rings is 1. The molecule has 1 aromatic heterocycles. The van der Waals surface area contributed by atoms with Crippen molar-refractivity contribution in [2.45, 2.75) is 12.8 Å². The largest absolute Gasteiger partial charge is 0.477 e. The van der Waals surface area contributed by atoms with Crippen molar-refractivity contribution in [3.63, 3.8) is 0 Å². The standard InChI is InChI=1S/C12H14N4O3/c13-7-10-11(16(17)18)1-2-12(15-10)19-8-9-3-5-14-6-4-9/h1-2,9,14H,3-6,8H2. The molecule has 2 rings (SSSR count). The smallest absolute Gasteiger partial charge is 0.305 e. The molecule has 0 atom stereocenters. The van der Waals surface area contributed by atoms with Crippen molar-refractivity contribution >= 4 is 5.69 Å². The van der Waals surface area contributed by atoms with Gasteiger partial charge in [-0.05, 0) is 31.8 Å². The molecular formula is C12H14N4O3. The molecule has 1 fully saturated rings. The van der Waals surface area contributed by atoms with Crippen molar-refractivity contribution in [3.05, 3.63) is 27.9 Å². The third-order valence-electron chi connectivity index (χ3n) is 3.08. The van der Waals surface area contributed by atoms with E-state index in [2.05, 4.69) is 10.3 Å². The number of hydrogen-bond acceptors (Lipinski definition) is 6. The van der Waals surface area contributed by atoms with Gasteiger partial charge in [0, 0.05) is 12.1 Å². The predicted octanol–water partition coefficient (Wildman–Crippen LogP) is 1.24. The van der Waals surface area contributed by atoms with Gasteiger partial charge in [-0.3, -0.25) is 10.1 Å². The Morgan fingerprint density at radius 3 is 2.89 bits per heavy atom. The van der Waals surface area contributed by atoms with Crippen LogP contribution in [0.15, 0.2) is 12.1 Å². The summed E-state index contributed by atoms with van der Waals surface area (Å²) in [5.41, 5.74) is -0.510. The van der Waals surface area contributed by atoms with E-state index in [4.69, 9.17) is 10.00 Å². The van der Waals surface area contributed by atoms with Crippen molar-refractivity contribution in [1.82, 2.24) is 10.3 Å². The zero-order valence-electron chi connectivity index (χ0n) is 10.3. The van der Waals surface area contributed by atoms with Crippen LogP contribution in [-0.4, -0.2) is 29.6 Å². The summed E-state index contributed by atoms with van der Waals surface area (Å²) in [5, 5.41) is 22.8. The zero-order valence-corrected chi connectivity index (χ0v) is 10.3. The minimum Gasteiger partial charge on any atom is -0.477 e. The van der Waals surface area contributed by atoms with E-state index in [1.54, 1.807) is 6.07 Å². The van der Waals surface area contributed by atoms with Crippen molar-refractivity contribution in [1.29, 1.82) is 5.26 Å². The van der Waals surface area contributed by atoms with Crippen LogP contribution in [0.5, 0.6) is 5.88 Å². The van der Waals surface area contributed by atoms with Crippen LogP contribution in [0.3, 0.4) is 0 Å². The maximum absolute atomic E-state index is 10.7. The molecule has 0 spiro atoms. The monoisotopic (exact) mass is 262 g/mol. The van der Waals surface area contributed by atoms with E-state index in [0.29, 0.717) is 12.5 Å². The molecule has 2 heterocycles. The van der Waals surface area contributed by atoms with E-state index in [-0.39, 0.29) is 17.3 Å². The van der Waals surface area contributed by atoms with Gasteiger partial charge in [-0.2, -0.15) is 10.2 Å². The Hall–Kier alpha value is -2.20. The fraction of sp³-hybridized carbons (Fsp3) is 0.500. The molecule has 0 saturated carbocycles. The predicted molar refractivity (Wildman–Crippen MR) is 66.7 cm³/mol. The summed E-state index contributed by atoms with van der Waals surface area (Å²) in [5.74, 6) is 0.726. The molecule has 0 aliphatic carbocycles. The van der Waals surface area contributed by atoms with E-state index < -0.39 is 4.92 Å². The normalized spacial score (nSPS) is 15.7. The Balaban J connectivity index is 2.01. The molecule has 0 unspecified atom stereocenters. The highest BCUT2D eigenvalue weighted by molar-refractivity contribution is 5.45. The average Bonchev–Trinajstić information content (AvgIpc) is 2.45. The molecule has 1 saturated heterocycles. The number of rotatable bonds is 4. The van der Waals surface area contributed by atoms with Crippen LogP contribution in [0, 0.1) is 27.4 Å². The minimum atomic E-state index is -0.623. The van der Waals surface area contributed by atoms with E-state index in [1.165, 1.54) is 12.1 Å². The number of ether oxygens (including phenoxy) is 1. The van der Waals surface area contributed by atoms with Gasteiger partial charge in [0.05, 0.1) is 11.5 Å². The van der Waals surface area contributed by atoms with Gasteiger partial charge in [0.15, 0.2) is 0 Å². The topological polar surface area (TPSA) is 101 Å². The lowest BCUT2D eigenvalue weighted by molar-refractivity contribution is -0.385. The fourth-order valence-electron chi connectivity index (χ4n) is 2.00. The van der Waals surface area contributed by atoms with Crippen LogP contribution in [-0.2, 0) is 0 Å². The number of piperidine rings is 1. The first kappa shape index (κ1) is 13.2. The Morgan fingerprint density at radius 1 is 1.53 bits per heavy atom. The SMILES string of the molecule is N#Cc1nc(OCC2CCNCC2)ccc1[N+](=O)[O-]. The summed E-state index contributed by atoms with van der Waals surface area (Å²) in [6.45, 7) is 2.48. The van der Waals surface area contributed by atoms with Gasteiger partial charge in [-0.1, -0.05) is 0 Å². The quantitative estimate of drug-likeness (QED) is 0.647. The molecule has 0 aromatic carbocycles. The molecule has 100 valence electrons. The molecule has 0 amide bonds. The molecule has 1 N–H and O–H groups in total. The van der Waals surface area contributed by atoms with Crippen LogP contribution in [0.2, 0.25) is 0 Å². The van der Waals surface area contributed by atoms with Crippen molar-refractivity contribution < 1.29 is 9.66 Å². The van der Waals surface area contributed by atoms with Gasteiger partial charge in [0.2, 0.25) is 11.6 Å². The Labute approximate surface area is 110 Å². The van der Waals surface area contributed by atoms with E-state index >= 15 is 0 Å². The lowest BCUT2D eigenvalue weighted by atomic mass is 9.99. The average molecular weight is 262 g/mol. The number of nitrogens with one attached hydrogen (secondary N) is 1. The zero-order chi connectivity index (χ0) is 13.7. The highest BCUT2D eigenvalue weighted by Gasteiger charge is 2.17. The van der Waals surface area contributed by atoms with Crippen molar-refractivity contribution in [2.75, 3.05) is 19.7 Å². The number of nitrogens with zero attached hydrogens (tertiary/aromatic N) is 3. The number of aromatic nitrogens is 1. The maximum atomic E-state index is 10.7. The van der Waals surface area contributed by atoms with Crippen LogP contribution in [0.1, 0.15) is 18.5 Å². The van der Waals surface area contributed by atoms with Crippen LogP contribution >= 0.6 is 0 Å². The van der Waals surface area contributed by atoms with Crippen molar-refractivity contribution in [3.8, 4) is 11.9 Å². The minimum absolute atomic E-state index is 0.215. The second-order valence-corrected chi connectivity index (χ2v) is 4.39. The maximum Gasteiger partial charge on any atom is 0.305 e. The summed E-state index contributed by atoms with van der Waals surface area (Å²) in [4.78, 5) is 13.9. The van der Waals surface area contributed by atoms with Crippen LogP contribution in [0.4, 0.5) is 5.69 Å². The lowest BCUT2D eigenvalue weighted by Crippen LogP contribution is -2.30. The molecule has 7 nitrogen and oxygen atoms in total. The Morgan fingerprint density at radius 2 is 2.26 bits per heavy atom. The third-order valence-corrected chi connectivity index (χ3v) is 3.08. The molecule has 1 aliphatic heterocycles. The number of nitriles is 1. The molecule has 0 radical (unpaired) electrons. The molecule has 1 aromatic rings. The van der Waals surface area contributed by atoms with Crippen LogP contribution in [0.25, 0.3) is 0 Å². The molecule has 7 heteroatoms. The first-order valence-electron chi connectivity index (χ1n) is 6.09. The van der Waals surface area contributed by atoms with Crippen LogP contribution < -0.4 is 10.1 Å². The first-order valence-corrected chi connectivity index (χ1v) is 6.09. The van der Waals surface area contributed by atoms with E-state index in [0.717, 1.165) is 25.9 Å². The summed E-state index contributed by atoms with van der Waals surface area (Å²) < 4.78 is 5.51. The summed E-state index contributed by atoms with van der Waals surface area (Å²) in [6.07, 6.45) is 2.08. The second-order valence-electron chi connectivity index (χ2n) is 4.39. The Bertz CT molecular complexity index is 506. The Kier molecular flexibility index (Phi) is 4.26. The highest BCUT2D eigenvalue weighted by Crippen LogP contribution is 2.20. The number of nitro groups is 1. The molecule has 1 aliphatic rings. The fourth-order valence-corrected chi connectivity index (χ4v) is 2.00. The van der Waals surface area contributed by atoms with Gasteiger partial charge in [-0.15, -0.1) is 0 Å². The molecule has 0 bridgehead atoms. The van der Waals surface area contributed by atoms with Crippen molar-refractivity contribution in [2.24, 2.45) is 5.92 Å². The molecule has 19 heavy (non-hydrogen) atoms. The van der Waals surface area contributed by atoms with Gasteiger partial charge >= 0.3 is 5.69 Å². The van der Waals surface area contributed by atoms with E-state index in [9.17, 15) is 10.1 Å². The van der Waals surface area contributed by atoms with E-state index in [1.807, 2.05) is 0 Å². The highest BCUT2D eigenvalue weighted by atomic mass is 16.6. The lowest BCUT2D eigenvalue weighted by Gasteiger charge is -2.22. The summed E-state index contributed by atoms with van der Waals surface area (Å²) >= 11 is 0. The summed E-state index contributed by atoms with van der Waals surface area (Å²) in [6, 6.07) is 4.40. The van der Waals surface area contributed by atoms with Gasteiger partial charge in [-0.25, -0.2) is 0 Å². The summed E-state index contributed by atoms with van der Waals surface area (Å²) in [7, 11) is 0. The van der Waals surface area contributed by atoms with Gasteiger partial charge in [0.1, 0.15) is 6.07 Å². The first-order chi connectivity index (χ1) is 9.20. The second kappa shape index (κ2) is 6.11. The molecular weight excluding hydrogens is 248 g/mol.